The Morgan fingerprint density at radius 2 is 1.94 bits per heavy atom. The third kappa shape index (κ3) is 2.51. The molecule has 0 saturated heterocycles. The molecule has 1 aromatic carbocycles. The highest BCUT2D eigenvalue weighted by Crippen LogP contribution is 2.25. The van der Waals surface area contributed by atoms with E-state index in [-0.39, 0.29) is 5.82 Å². The molecule has 0 aliphatic heterocycles. The van der Waals surface area contributed by atoms with Gasteiger partial charge in [-0.2, -0.15) is 5.26 Å². The predicted octanol–water partition coefficient (Wildman–Crippen LogP) is 3.39. The van der Waals surface area contributed by atoms with E-state index in [1.807, 2.05) is 44.2 Å². The Balaban J connectivity index is 2.64. The van der Waals surface area contributed by atoms with Crippen LogP contribution < -0.4 is 0 Å². The molecule has 0 amide bonds. The van der Waals surface area contributed by atoms with E-state index in [9.17, 15) is 0 Å². The largest absolute Gasteiger partial charge is 0.232 e. The van der Waals surface area contributed by atoms with Gasteiger partial charge in [0.1, 0.15) is 6.07 Å². The van der Waals surface area contributed by atoms with Gasteiger partial charge in [-0.15, -0.1) is 0 Å². The molecule has 1 heterocycles. The van der Waals surface area contributed by atoms with Gasteiger partial charge in [0.05, 0.1) is 5.69 Å². The molecule has 1 aromatic heterocycles. The molecule has 4 heteroatoms. The summed E-state index contributed by atoms with van der Waals surface area (Å²) < 4.78 is 0.993. The van der Waals surface area contributed by atoms with Gasteiger partial charge in [-0.1, -0.05) is 22.0 Å². The van der Waals surface area contributed by atoms with Crippen LogP contribution in [0.1, 0.15) is 17.1 Å². The lowest BCUT2D eigenvalue weighted by molar-refractivity contribution is 1.06. The number of halogens is 1. The van der Waals surface area contributed by atoms with Gasteiger partial charge in [-0.3, -0.25) is 0 Å². The van der Waals surface area contributed by atoms with E-state index in [4.69, 9.17) is 5.26 Å². The van der Waals surface area contributed by atoms with Gasteiger partial charge >= 0.3 is 0 Å². The van der Waals surface area contributed by atoms with E-state index in [0.717, 1.165) is 27.0 Å². The summed E-state index contributed by atoms with van der Waals surface area (Å²) in [4.78, 5) is 8.28. The summed E-state index contributed by atoms with van der Waals surface area (Å²) in [5, 5.41) is 8.87. The number of nitriles is 1. The maximum Gasteiger partial charge on any atom is 0.232 e. The fourth-order valence-electron chi connectivity index (χ4n) is 1.63. The number of rotatable bonds is 1. The Kier molecular flexibility index (Phi) is 3.21. The van der Waals surface area contributed by atoms with E-state index >= 15 is 0 Å². The fraction of sp³-hybridized carbons (Fsp3) is 0.154. The smallest absolute Gasteiger partial charge is 0.224 e. The average Bonchev–Trinajstić information content (AvgIpc) is 2.31. The van der Waals surface area contributed by atoms with Gasteiger partial charge in [0.25, 0.3) is 0 Å². The molecule has 2 aromatic rings. The fourth-order valence-corrected chi connectivity index (χ4v) is 1.99. The minimum atomic E-state index is 0.208. The van der Waals surface area contributed by atoms with Crippen LogP contribution in [0.5, 0.6) is 0 Å². The third-order valence-corrected chi connectivity index (χ3v) is 2.92. The van der Waals surface area contributed by atoms with Crippen LogP contribution >= 0.6 is 15.9 Å². The second-order valence-corrected chi connectivity index (χ2v) is 4.70. The molecule has 84 valence electrons. The molecular formula is C13H10BrN3. The molecule has 0 saturated carbocycles. The summed E-state index contributed by atoms with van der Waals surface area (Å²) in [5.74, 6) is 0.208. The number of aromatic nitrogens is 2. The first-order valence-corrected chi connectivity index (χ1v) is 5.92. The SMILES string of the molecule is Cc1cc(-c2cc(Br)ccc2C)nc(C#N)n1. The highest BCUT2D eigenvalue weighted by molar-refractivity contribution is 9.10. The van der Waals surface area contributed by atoms with E-state index in [1.165, 1.54) is 0 Å². The third-order valence-electron chi connectivity index (χ3n) is 2.43. The van der Waals surface area contributed by atoms with Crippen molar-refractivity contribution in [3.8, 4) is 17.3 Å². The summed E-state index contributed by atoms with van der Waals surface area (Å²) in [6.07, 6.45) is 0. The first-order valence-electron chi connectivity index (χ1n) is 5.12. The number of hydrogen-bond acceptors (Lipinski definition) is 3. The summed E-state index contributed by atoms with van der Waals surface area (Å²) in [5.41, 5.74) is 3.72. The van der Waals surface area contributed by atoms with E-state index in [0.29, 0.717) is 0 Å². The van der Waals surface area contributed by atoms with Crippen molar-refractivity contribution < 1.29 is 0 Å². The topological polar surface area (TPSA) is 49.6 Å². The van der Waals surface area contributed by atoms with Crippen LogP contribution in [0.25, 0.3) is 11.3 Å². The molecule has 0 bridgehead atoms. The lowest BCUT2D eigenvalue weighted by Crippen LogP contribution is -1.96. The molecule has 3 nitrogen and oxygen atoms in total. The van der Waals surface area contributed by atoms with Crippen LogP contribution in [0, 0.1) is 25.2 Å². The average molecular weight is 288 g/mol. The molecular weight excluding hydrogens is 278 g/mol. The van der Waals surface area contributed by atoms with Crippen LogP contribution in [-0.2, 0) is 0 Å². The standard InChI is InChI=1S/C13H10BrN3/c1-8-3-4-10(14)6-11(8)12-5-9(2)16-13(7-15)17-12/h3-6H,1-2H3. The molecule has 0 fully saturated rings. The summed E-state index contributed by atoms with van der Waals surface area (Å²) in [7, 11) is 0. The first-order chi connectivity index (χ1) is 8.10. The molecule has 0 radical (unpaired) electrons. The Morgan fingerprint density at radius 1 is 1.18 bits per heavy atom. The predicted molar refractivity (Wildman–Crippen MR) is 69.4 cm³/mol. The van der Waals surface area contributed by atoms with Gasteiger partial charge in [0.2, 0.25) is 5.82 Å². The maximum atomic E-state index is 8.87. The number of aryl methyl sites for hydroxylation is 2. The Morgan fingerprint density at radius 3 is 2.65 bits per heavy atom. The van der Waals surface area contributed by atoms with Crippen LogP contribution in [0.2, 0.25) is 0 Å². The van der Waals surface area contributed by atoms with Gasteiger partial charge in [0.15, 0.2) is 0 Å². The summed E-state index contributed by atoms with van der Waals surface area (Å²) >= 11 is 3.44. The van der Waals surface area contributed by atoms with Crippen molar-refractivity contribution in [1.82, 2.24) is 9.97 Å². The highest BCUT2D eigenvalue weighted by Gasteiger charge is 2.07. The van der Waals surface area contributed by atoms with Crippen molar-refractivity contribution in [2.24, 2.45) is 0 Å². The van der Waals surface area contributed by atoms with E-state index in [2.05, 4.69) is 25.9 Å². The first kappa shape index (κ1) is 11.7. The van der Waals surface area contributed by atoms with Gasteiger partial charge in [-0.25, -0.2) is 9.97 Å². The maximum absolute atomic E-state index is 8.87. The van der Waals surface area contributed by atoms with Crippen molar-refractivity contribution in [3.63, 3.8) is 0 Å². The summed E-state index contributed by atoms with van der Waals surface area (Å²) in [6, 6.07) is 9.86. The van der Waals surface area contributed by atoms with Crippen molar-refractivity contribution in [3.05, 3.63) is 45.8 Å². The lowest BCUT2D eigenvalue weighted by atomic mass is 10.1. The zero-order chi connectivity index (χ0) is 12.4. The molecule has 0 aliphatic rings. The Bertz CT molecular complexity index is 615. The van der Waals surface area contributed by atoms with Crippen molar-refractivity contribution in [2.45, 2.75) is 13.8 Å². The lowest BCUT2D eigenvalue weighted by Gasteiger charge is -2.06. The number of nitrogens with zero attached hydrogens (tertiary/aromatic N) is 3. The second-order valence-electron chi connectivity index (χ2n) is 3.79. The number of hydrogen-bond donors (Lipinski definition) is 0. The van der Waals surface area contributed by atoms with Crippen molar-refractivity contribution >= 4 is 15.9 Å². The molecule has 0 aliphatic carbocycles. The molecule has 0 unspecified atom stereocenters. The van der Waals surface area contributed by atoms with Gasteiger partial charge < -0.3 is 0 Å². The van der Waals surface area contributed by atoms with Gasteiger partial charge in [0, 0.05) is 15.7 Å². The molecule has 0 spiro atoms. The minimum absolute atomic E-state index is 0.208. The Labute approximate surface area is 108 Å². The van der Waals surface area contributed by atoms with Crippen molar-refractivity contribution in [2.75, 3.05) is 0 Å². The summed E-state index contributed by atoms with van der Waals surface area (Å²) in [6.45, 7) is 3.88. The monoisotopic (exact) mass is 287 g/mol. The van der Waals surface area contributed by atoms with Crippen molar-refractivity contribution in [1.29, 1.82) is 5.26 Å². The molecule has 17 heavy (non-hydrogen) atoms. The quantitative estimate of drug-likeness (QED) is 0.808. The van der Waals surface area contributed by atoms with Crippen LogP contribution in [-0.4, -0.2) is 9.97 Å². The van der Waals surface area contributed by atoms with Crippen LogP contribution in [0.4, 0.5) is 0 Å². The second kappa shape index (κ2) is 4.64. The van der Waals surface area contributed by atoms with Gasteiger partial charge in [-0.05, 0) is 37.6 Å². The molecule has 0 N–H and O–H groups in total. The highest BCUT2D eigenvalue weighted by atomic mass is 79.9. The van der Waals surface area contributed by atoms with E-state index in [1.54, 1.807) is 0 Å². The zero-order valence-corrected chi connectivity index (χ0v) is 11.1. The van der Waals surface area contributed by atoms with E-state index < -0.39 is 0 Å². The normalized spacial score (nSPS) is 10.0. The number of benzene rings is 1. The minimum Gasteiger partial charge on any atom is -0.224 e. The molecule has 2 rings (SSSR count). The zero-order valence-electron chi connectivity index (χ0n) is 9.53. The van der Waals surface area contributed by atoms with Crippen LogP contribution in [0.3, 0.4) is 0 Å². The molecule has 0 atom stereocenters. The Hall–Kier alpha value is -1.73. The van der Waals surface area contributed by atoms with Crippen LogP contribution in [0.15, 0.2) is 28.7 Å².